The summed E-state index contributed by atoms with van der Waals surface area (Å²) >= 11 is 0. The molecule has 0 unspecified atom stereocenters. The Hall–Kier alpha value is -1.93. The average Bonchev–Trinajstić information content (AvgIpc) is 2.29. The van der Waals surface area contributed by atoms with Gasteiger partial charge < -0.3 is 10.1 Å². The van der Waals surface area contributed by atoms with E-state index in [0.29, 0.717) is 16.7 Å². The minimum atomic E-state index is -5.67. The predicted octanol–water partition coefficient (Wildman–Crippen LogP) is 4.19. The molecule has 0 heterocycles. The molecule has 0 aliphatic heterocycles. The van der Waals surface area contributed by atoms with Gasteiger partial charge in [-0.05, 0) is 43.5 Å². The Balaban J connectivity index is 2.94. The third-order valence-electron chi connectivity index (χ3n) is 2.88. The second-order valence-electron chi connectivity index (χ2n) is 4.76. The first-order chi connectivity index (χ1) is 9.82. The van der Waals surface area contributed by atoms with Crippen molar-refractivity contribution >= 4 is 6.09 Å². The summed E-state index contributed by atoms with van der Waals surface area (Å²) in [5.41, 5.74) is 1.77. The molecule has 0 fully saturated rings. The van der Waals surface area contributed by atoms with E-state index in [1.165, 1.54) is 13.0 Å². The zero-order valence-electron chi connectivity index (χ0n) is 11.8. The number of benzene rings is 1. The molecular formula is C13H13F6NO2. The van der Waals surface area contributed by atoms with Gasteiger partial charge in [0.1, 0.15) is 5.75 Å². The molecule has 1 amide bonds. The predicted molar refractivity (Wildman–Crippen MR) is 65.7 cm³/mol. The van der Waals surface area contributed by atoms with Crippen molar-refractivity contribution in [3.63, 3.8) is 0 Å². The molecule has 0 aliphatic rings. The van der Waals surface area contributed by atoms with Crippen LogP contribution in [-0.4, -0.2) is 24.5 Å². The van der Waals surface area contributed by atoms with Gasteiger partial charge in [0, 0.05) is 0 Å². The van der Waals surface area contributed by atoms with E-state index >= 15 is 0 Å². The Morgan fingerprint density at radius 3 is 2.00 bits per heavy atom. The summed E-state index contributed by atoms with van der Waals surface area (Å²) in [6, 6.07) is -0.911. The molecular weight excluding hydrogens is 316 g/mol. The molecule has 22 heavy (non-hydrogen) atoms. The Morgan fingerprint density at radius 1 is 1.05 bits per heavy atom. The minimum absolute atomic E-state index is 0.0990. The topological polar surface area (TPSA) is 38.3 Å². The summed E-state index contributed by atoms with van der Waals surface area (Å²) in [4.78, 5) is 11.4. The molecule has 1 aromatic carbocycles. The highest BCUT2D eigenvalue weighted by Gasteiger charge is 2.57. The lowest BCUT2D eigenvalue weighted by Gasteiger charge is -2.23. The van der Waals surface area contributed by atoms with Gasteiger partial charge in [-0.1, -0.05) is 6.07 Å². The van der Waals surface area contributed by atoms with E-state index in [-0.39, 0.29) is 5.75 Å². The first kappa shape index (κ1) is 18.1. The van der Waals surface area contributed by atoms with Crippen molar-refractivity contribution in [2.45, 2.75) is 39.2 Å². The van der Waals surface area contributed by atoms with E-state index in [1.54, 1.807) is 19.9 Å². The monoisotopic (exact) mass is 329 g/mol. The molecule has 0 atom stereocenters. The van der Waals surface area contributed by atoms with E-state index in [0.717, 1.165) is 5.32 Å². The first-order valence-electron chi connectivity index (χ1n) is 6.02. The average molecular weight is 329 g/mol. The van der Waals surface area contributed by atoms with Crippen molar-refractivity contribution in [3.8, 4) is 5.75 Å². The molecule has 124 valence electrons. The summed E-state index contributed by atoms with van der Waals surface area (Å²) in [6.45, 7) is 4.84. The molecule has 1 aromatic rings. The number of amides is 1. The number of carbonyl (C=O) groups excluding carboxylic acids is 1. The van der Waals surface area contributed by atoms with Crippen molar-refractivity contribution in [1.82, 2.24) is 5.32 Å². The number of aryl methyl sites for hydroxylation is 2. The van der Waals surface area contributed by atoms with Gasteiger partial charge in [0.05, 0.1) is 0 Å². The first-order valence-corrected chi connectivity index (χ1v) is 6.02. The maximum atomic E-state index is 12.3. The van der Waals surface area contributed by atoms with Crippen LogP contribution < -0.4 is 10.1 Å². The molecule has 1 rings (SSSR count). The molecule has 0 radical (unpaired) electrons. The number of carbonyl (C=O) groups is 1. The maximum Gasteiger partial charge on any atom is 0.417 e. The van der Waals surface area contributed by atoms with E-state index < -0.39 is 24.5 Å². The highest BCUT2D eigenvalue weighted by atomic mass is 19.4. The van der Waals surface area contributed by atoms with Gasteiger partial charge >= 0.3 is 18.4 Å². The van der Waals surface area contributed by atoms with Gasteiger partial charge in [-0.15, -0.1) is 0 Å². The second-order valence-corrected chi connectivity index (χ2v) is 4.76. The smallest absolute Gasteiger partial charge is 0.410 e. The molecule has 0 aromatic heterocycles. The van der Waals surface area contributed by atoms with Crippen LogP contribution in [0.4, 0.5) is 31.1 Å². The van der Waals surface area contributed by atoms with Gasteiger partial charge in [0.25, 0.3) is 0 Å². The second kappa shape index (κ2) is 6.05. The number of ether oxygens (including phenoxy) is 1. The van der Waals surface area contributed by atoms with Crippen molar-refractivity contribution in [2.75, 3.05) is 0 Å². The molecule has 0 aliphatic carbocycles. The normalized spacial score (nSPS) is 12.5. The van der Waals surface area contributed by atoms with Crippen molar-refractivity contribution in [2.24, 2.45) is 0 Å². The number of hydrogen-bond donors (Lipinski definition) is 1. The number of halogens is 6. The number of alkyl halides is 6. The quantitative estimate of drug-likeness (QED) is 0.826. The fourth-order valence-corrected chi connectivity index (χ4v) is 1.70. The summed E-state index contributed by atoms with van der Waals surface area (Å²) in [7, 11) is 0. The summed E-state index contributed by atoms with van der Waals surface area (Å²) in [5, 5.41) is 0.800. The minimum Gasteiger partial charge on any atom is -0.410 e. The summed E-state index contributed by atoms with van der Waals surface area (Å²) in [6.07, 6.45) is -13.2. The lowest BCUT2D eigenvalue weighted by Crippen LogP contribution is -2.55. The Morgan fingerprint density at radius 2 is 1.55 bits per heavy atom. The molecule has 3 nitrogen and oxygen atoms in total. The fourth-order valence-electron chi connectivity index (χ4n) is 1.70. The third kappa shape index (κ3) is 4.54. The number of nitrogens with one attached hydrogen (secondary N) is 1. The van der Waals surface area contributed by atoms with Crippen molar-refractivity contribution in [1.29, 1.82) is 0 Å². The van der Waals surface area contributed by atoms with Crippen LogP contribution in [0.1, 0.15) is 16.7 Å². The van der Waals surface area contributed by atoms with Gasteiger partial charge in [0.15, 0.2) is 0 Å². The SMILES string of the molecule is Cc1cc(C)c(C)c(OC(=O)NC(C(F)(F)F)C(F)(F)F)c1. The van der Waals surface area contributed by atoms with Crippen LogP contribution in [0.5, 0.6) is 5.75 Å². The van der Waals surface area contributed by atoms with Gasteiger partial charge in [-0.2, -0.15) is 26.3 Å². The van der Waals surface area contributed by atoms with E-state index in [2.05, 4.69) is 4.74 Å². The Bertz CT molecular complexity index is 551. The van der Waals surface area contributed by atoms with Crippen LogP contribution in [0.25, 0.3) is 0 Å². The lowest BCUT2D eigenvalue weighted by molar-refractivity contribution is -0.255. The van der Waals surface area contributed by atoms with Crippen molar-refractivity contribution in [3.05, 3.63) is 28.8 Å². The Labute approximate surface area is 122 Å². The van der Waals surface area contributed by atoms with E-state index in [9.17, 15) is 31.1 Å². The van der Waals surface area contributed by atoms with E-state index in [4.69, 9.17) is 0 Å². The van der Waals surface area contributed by atoms with Gasteiger partial charge in [-0.25, -0.2) is 4.79 Å². The highest BCUT2D eigenvalue weighted by molar-refractivity contribution is 5.71. The van der Waals surface area contributed by atoms with Crippen LogP contribution in [-0.2, 0) is 0 Å². The number of rotatable bonds is 2. The largest absolute Gasteiger partial charge is 0.417 e. The molecule has 9 heteroatoms. The molecule has 0 saturated carbocycles. The van der Waals surface area contributed by atoms with Crippen LogP contribution in [0.3, 0.4) is 0 Å². The van der Waals surface area contributed by atoms with Gasteiger partial charge in [0.2, 0.25) is 6.04 Å². The molecule has 1 N–H and O–H groups in total. The van der Waals surface area contributed by atoms with Gasteiger partial charge in [-0.3, -0.25) is 0 Å². The third-order valence-corrected chi connectivity index (χ3v) is 2.88. The zero-order chi connectivity index (χ0) is 17.3. The van der Waals surface area contributed by atoms with Crippen LogP contribution >= 0.6 is 0 Å². The van der Waals surface area contributed by atoms with Crippen LogP contribution in [0.15, 0.2) is 12.1 Å². The number of hydrogen-bond acceptors (Lipinski definition) is 2. The summed E-state index contributed by atoms with van der Waals surface area (Å²) in [5.74, 6) is -0.0990. The maximum absolute atomic E-state index is 12.3. The molecule has 0 spiro atoms. The van der Waals surface area contributed by atoms with Crippen molar-refractivity contribution < 1.29 is 35.9 Å². The zero-order valence-corrected chi connectivity index (χ0v) is 11.8. The summed E-state index contributed by atoms with van der Waals surface area (Å²) < 4.78 is 78.6. The highest BCUT2D eigenvalue weighted by Crippen LogP contribution is 2.33. The lowest BCUT2D eigenvalue weighted by atomic mass is 10.1. The fraction of sp³-hybridized carbons (Fsp3) is 0.462. The van der Waals surface area contributed by atoms with E-state index in [1.807, 2.05) is 0 Å². The Kier molecular flexibility index (Phi) is 4.99. The molecule has 0 bridgehead atoms. The standard InChI is InChI=1S/C13H13F6NO2/c1-6-4-7(2)8(3)9(5-6)22-11(21)20-10(12(14,15)16)13(17,18)19/h4-5,10H,1-3H3,(H,20,21). The molecule has 0 saturated heterocycles. The van der Waals surface area contributed by atoms with Crippen LogP contribution in [0, 0.1) is 20.8 Å². The van der Waals surface area contributed by atoms with Crippen LogP contribution in [0.2, 0.25) is 0 Å².